The summed E-state index contributed by atoms with van der Waals surface area (Å²) in [5.74, 6) is 5.68. The summed E-state index contributed by atoms with van der Waals surface area (Å²) in [6.45, 7) is 6.82. The van der Waals surface area contributed by atoms with Crippen LogP contribution in [0.1, 0.15) is 58.3 Å². The summed E-state index contributed by atoms with van der Waals surface area (Å²) in [5.41, 5.74) is 2.89. The number of nitrogens with two attached hydrogens (primary N) is 1. The molecule has 1 rings (SSSR count). The summed E-state index contributed by atoms with van der Waals surface area (Å²) in [6.07, 6.45) is 11.5. The van der Waals surface area contributed by atoms with Gasteiger partial charge in [0.05, 0.1) is 5.60 Å². The van der Waals surface area contributed by atoms with E-state index in [1.54, 1.807) is 0 Å². The minimum atomic E-state index is -0.0641. The number of ether oxygens (including phenoxy) is 1. The van der Waals surface area contributed by atoms with Gasteiger partial charge in [-0.1, -0.05) is 18.9 Å². The molecule has 1 aliphatic heterocycles. The van der Waals surface area contributed by atoms with Crippen molar-refractivity contribution in [3.63, 3.8) is 0 Å². The van der Waals surface area contributed by atoms with Gasteiger partial charge < -0.3 is 4.74 Å². The standard InChI is InChI=1S/C14H28N2O/c1-3-4-5-6-7-10-13(16-15)14(2)11-8-9-12-17-14/h3,13,16H,1,4-12,15H2,2H3. The lowest BCUT2D eigenvalue weighted by Crippen LogP contribution is -2.54. The maximum Gasteiger partial charge on any atom is 0.0820 e. The average Bonchev–Trinajstić information content (AvgIpc) is 2.34. The Hall–Kier alpha value is -0.380. The smallest absolute Gasteiger partial charge is 0.0820 e. The lowest BCUT2D eigenvalue weighted by atomic mass is 9.85. The van der Waals surface area contributed by atoms with Gasteiger partial charge in [0, 0.05) is 12.6 Å². The molecule has 0 aromatic heterocycles. The Kier molecular flexibility index (Phi) is 6.78. The molecule has 0 spiro atoms. The summed E-state index contributed by atoms with van der Waals surface area (Å²) in [6, 6.07) is 0.284. The fourth-order valence-electron chi connectivity index (χ4n) is 2.61. The van der Waals surface area contributed by atoms with E-state index in [9.17, 15) is 0 Å². The van der Waals surface area contributed by atoms with Gasteiger partial charge in [-0.3, -0.25) is 11.3 Å². The van der Waals surface area contributed by atoms with E-state index in [-0.39, 0.29) is 11.6 Å². The van der Waals surface area contributed by atoms with E-state index in [0.717, 1.165) is 25.9 Å². The molecule has 17 heavy (non-hydrogen) atoms. The highest BCUT2D eigenvalue weighted by Crippen LogP contribution is 2.30. The summed E-state index contributed by atoms with van der Waals surface area (Å²) in [7, 11) is 0. The van der Waals surface area contributed by atoms with E-state index in [2.05, 4.69) is 18.9 Å². The molecule has 0 bridgehead atoms. The second-order valence-corrected chi connectivity index (χ2v) is 5.26. The molecule has 3 nitrogen and oxygen atoms in total. The Morgan fingerprint density at radius 2 is 2.24 bits per heavy atom. The van der Waals surface area contributed by atoms with Gasteiger partial charge >= 0.3 is 0 Å². The molecule has 0 radical (unpaired) electrons. The molecule has 1 fully saturated rings. The number of unbranched alkanes of at least 4 members (excludes halogenated alkanes) is 3. The highest BCUT2D eigenvalue weighted by molar-refractivity contribution is 4.90. The Morgan fingerprint density at radius 3 is 2.82 bits per heavy atom. The molecule has 1 saturated heterocycles. The van der Waals surface area contributed by atoms with Gasteiger partial charge in [-0.05, 0) is 45.4 Å². The van der Waals surface area contributed by atoms with E-state index in [1.165, 1.54) is 32.1 Å². The van der Waals surface area contributed by atoms with Gasteiger partial charge in [0.15, 0.2) is 0 Å². The summed E-state index contributed by atoms with van der Waals surface area (Å²) < 4.78 is 5.94. The van der Waals surface area contributed by atoms with Gasteiger partial charge in [-0.2, -0.15) is 0 Å². The average molecular weight is 240 g/mol. The fraction of sp³-hybridized carbons (Fsp3) is 0.857. The molecule has 0 aromatic carbocycles. The van der Waals surface area contributed by atoms with Gasteiger partial charge in [0.1, 0.15) is 0 Å². The Morgan fingerprint density at radius 1 is 1.41 bits per heavy atom. The SMILES string of the molecule is C=CCCCCCC(NN)C1(C)CCCCO1. The number of rotatable bonds is 8. The van der Waals surface area contributed by atoms with Crippen LogP contribution in [0.4, 0.5) is 0 Å². The van der Waals surface area contributed by atoms with Crippen molar-refractivity contribution < 1.29 is 4.74 Å². The van der Waals surface area contributed by atoms with E-state index in [1.807, 2.05) is 6.08 Å². The second kappa shape index (κ2) is 7.85. The Balaban J connectivity index is 2.28. The summed E-state index contributed by atoms with van der Waals surface area (Å²) >= 11 is 0. The molecule has 3 N–H and O–H groups in total. The van der Waals surface area contributed by atoms with Crippen LogP contribution in [0.25, 0.3) is 0 Å². The van der Waals surface area contributed by atoms with Crippen molar-refractivity contribution in [2.45, 2.75) is 69.9 Å². The van der Waals surface area contributed by atoms with E-state index >= 15 is 0 Å². The van der Waals surface area contributed by atoms with Crippen molar-refractivity contribution in [3.05, 3.63) is 12.7 Å². The van der Waals surface area contributed by atoms with Gasteiger partial charge in [0.25, 0.3) is 0 Å². The lowest BCUT2D eigenvalue weighted by Gasteiger charge is -2.40. The third-order valence-electron chi connectivity index (χ3n) is 3.84. The molecule has 100 valence electrons. The lowest BCUT2D eigenvalue weighted by molar-refractivity contribution is -0.0904. The van der Waals surface area contributed by atoms with Crippen LogP contribution in [-0.2, 0) is 4.74 Å². The maximum atomic E-state index is 5.94. The Labute approximate surface area is 106 Å². The van der Waals surface area contributed by atoms with Crippen LogP contribution < -0.4 is 11.3 Å². The quantitative estimate of drug-likeness (QED) is 0.297. The van der Waals surface area contributed by atoms with E-state index in [0.29, 0.717) is 0 Å². The van der Waals surface area contributed by atoms with Crippen molar-refractivity contribution in [1.29, 1.82) is 0 Å². The van der Waals surface area contributed by atoms with Crippen molar-refractivity contribution >= 4 is 0 Å². The van der Waals surface area contributed by atoms with E-state index in [4.69, 9.17) is 10.6 Å². The van der Waals surface area contributed by atoms with Crippen molar-refractivity contribution in [2.75, 3.05) is 6.61 Å². The van der Waals surface area contributed by atoms with Crippen LogP contribution >= 0.6 is 0 Å². The predicted molar refractivity (Wildman–Crippen MR) is 72.6 cm³/mol. The molecule has 1 heterocycles. The molecular weight excluding hydrogens is 212 g/mol. The number of hydrazine groups is 1. The summed E-state index contributed by atoms with van der Waals surface area (Å²) in [4.78, 5) is 0. The highest BCUT2D eigenvalue weighted by atomic mass is 16.5. The molecule has 1 aliphatic rings. The monoisotopic (exact) mass is 240 g/mol. The molecule has 3 heteroatoms. The predicted octanol–water partition coefficient (Wildman–Crippen LogP) is 2.91. The number of allylic oxidation sites excluding steroid dienone is 1. The largest absolute Gasteiger partial charge is 0.374 e. The normalized spacial score (nSPS) is 26.7. The zero-order valence-corrected chi connectivity index (χ0v) is 11.2. The fourth-order valence-corrected chi connectivity index (χ4v) is 2.61. The van der Waals surface area contributed by atoms with Crippen molar-refractivity contribution in [2.24, 2.45) is 5.84 Å². The summed E-state index contributed by atoms with van der Waals surface area (Å²) in [5, 5.41) is 0. The van der Waals surface area contributed by atoms with E-state index < -0.39 is 0 Å². The second-order valence-electron chi connectivity index (χ2n) is 5.26. The van der Waals surface area contributed by atoms with Gasteiger partial charge in [0.2, 0.25) is 0 Å². The van der Waals surface area contributed by atoms with Crippen molar-refractivity contribution in [3.8, 4) is 0 Å². The first-order chi connectivity index (χ1) is 8.23. The van der Waals surface area contributed by atoms with Crippen LogP contribution in [0, 0.1) is 0 Å². The molecule has 2 atom stereocenters. The van der Waals surface area contributed by atoms with Crippen LogP contribution in [0.5, 0.6) is 0 Å². The van der Waals surface area contributed by atoms with Gasteiger partial charge in [-0.25, -0.2) is 0 Å². The van der Waals surface area contributed by atoms with Crippen LogP contribution in [0.2, 0.25) is 0 Å². The van der Waals surface area contributed by atoms with Crippen LogP contribution in [0.15, 0.2) is 12.7 Å². The first-order valence-corrected chi connectivity index (χ1v) is 6.94. The third kappa shape index (κ3) is 4.78. The van der Waals surface area contributed by atoms with Gasteiger partial charge in [-0.15, -0.1) is 6.58 Å². The highest BCUT2D eigenvalue weighted by Gasteiger charge is 2.35. The maximum absolute atomic E-state index is 5.94. The molecule has 2 unspecified atom stereocenters. The zero-order chi connectivity index (χ0) is 12.6. The minimum Gasteiger partial charge on any atom is -0.374 e. The Bertz CT molecular complexity index is 212. The van der Waals surface area contributed by atoms with Crippen LogP contribution in [0.3, 0.4) is 0 Å². The first kappa shape index (κ1) is 14.7. The minimum absolute atomic E-state index is 0.0641. The van der Waals surface area contributed by atoms with Crippen LogP contribution in [-0.4, -0.2) is 18.2 Å². The number of hydrogen-bond acceptors (Lipinski definition) is 3. The first-order valence-electron chi connectivity index (χ1n) is 6.94. The number of hydrogen-bond donors (Lipinski definition) is 2. The zero-order valence-electron chi connectivity index (χ0n) is 11.2. The third-order valence-corrected chi connectivity index (χ3v) is 3.84. The topological polar surface area (TPSA) is 47.3 Å². The molecule has 0 aliphatic carbocycles. The molecular formula is C14H28N2O. The van der Waals surface area contributed by atoms with Crippen molar-refractivity contribution in [1.82, 2.24) is 5.43 Å². The molecule has 0 aromatic rings. The number of nitrogens with one attached hydrogen (secondary N) is 1. The molecule has 0 saturated carbocycles. The molecule has 0 amide bonds.